The van der Waals surface area contributed by atoms with Gasteiger partial charge in [0.05, 0.1) is 12.8 Å². The second-order valence-electron chi connectivity index (χ2n) is 5.92. The van der Waals surface area contributed by atoms with E-state index in [1.807, 2.05) is 42.5 Å². The summed E-state index contributed by atoms with van der Waals surface area (Å²) in [6.07, 6.45) is 0. The van der Waals surface area contributed by atoms with Gasteiger partial charge < -0.3 is 14.6 Å². The van der Waals surface area contributed by atoms with Gasteiger partial charge in [0.1, 0.15) is 5.75 Å². The number of hydrogen-bond donors (Lipinski definition) is 2. The lowest BCUT2D eigenvalue weighted by atomic mass is 10.1. The highest BCUT2D eigenvalue weighted by atomic mass is 16.5. The van der Waals surface area contributed by atoms with Gasteiger partial charge in [0, 0.05) is 5.56 Å². The summed E-state index contributed by atoms with van der Waals surface area (Å²) in [6.45, 7) is 1.60. The smallest absolute Gasteiger partial charge is 0.277 e. The van der Waals surface area contributed by atoms with E-state index in [-0.39, 0.29) is 18.3 Å². The Morgan fingerprint density at radius 1 is 1.07 bits per heavy atom. The first kappa shape index (κ1) is 18.3. The van der Waals surface area contributed by atoms with Crippen molar-refractivity contribution in [1.29, 1.82) is 0 Å². The van der Waals surface area contributed by atoms with Crippen molar-refractivity contribution in [3.63, 3.8) is 0 Å². The Balaban J connectivity index is 1.59. The minimum absolute atomic E-state index is 0.0434. The van der Waals surface area contributed by atoms with Crippen LogP contribution in [0.25, 0.3) is 10.8 Å². The van der Waals surface area contributed by atoms with Crippen LogP contribution in [0.1, 0.15) is 12.5 Å². The molecule has 1 amide bonds. The molecule has 0 unspecified atom stereocenters. The number of ether oxygens (including phenoxy) is 2. The van der Waals surface area contributed by atoms with E-state index >= 15 is 0 Å². The number of rotatable bonds is 6. The maximum atomic E-state index is 12.0. The first-order valence-corrected chi connectivity index (χ1v) is 8.39. The van der Waals surface area contributed by atoms with E-state index in [2.05, 4.69) is 10.5 Å². The number of hydrazone groups is 1. The van der Waals surface area contributed by atoms with Crippen molar-refractivity contribution in [2.24, 2.45) is 5.10 Å². The molecule has 0 fully saturated rings. The molecular formula is C21H20N2O4. The van der Waals surface area contributed by atoms with Crippen molar-refractivity contribution in [2.45, 2.75) is 6.92 Å². The minimum atomic E-state index is -0.367. The summed E-state index contributed by atoms with van der Waals surface area (Å²) >= 11 is 0. The number of hydrogen-bond acceptors (Lipinski definition) is 5. The Bertz CT molecular complexity index is 998. The number of carbonyl (C=O) groups is 1. The Kier molecular flexibility index (Phi) is 5.56. The molecule has 0 atom stereocenters. The van der Waals surface area contributed by atoms with Gasteiger partial charge in [0.15, 0.2) is 18.1 Å². The maximum Gasteiger partial charge on any atom is 0.277 e. The normalized spacial score (nSPS) is 11.3. The van der Waals surface area contributed by atoms with Crippen LogP contribution in [-0.2, 0) is 4.79 Å². The molecule has 0 spiro atoms. The highest BCUT2D eigenvalue weighted by Gasteiger charge is 2.07. The van der Waals surface area contributed by atoms with Crippen LogP contribution in [0.4, 0.5) is 0 Å². The van der Waals surface area contributed by atoms with Crippen LogP contribution in [0.2, 0.25) is 0 Å². The third-order valence-corrected chi connectivity index (χ3v) is 4.04. The third-order valence-electron chi connectivity index (χ3n) is 4.04. The fourth-order valence-electron chi connectivity index (χ4n) is 2.55. The molecule has 138 valence electrons. The number of aromatic hydroxyl groups is 1. The van der Waals surface area contributed by atoms with Gasteiger partial charge in [-0.3, -0.25) is 4.79 Å². The molecule has 0 aromatic heterocycles. The number of methoxy groups -OCH3 is 1. The zero-order chi connectivity index (χ0) is 19.2. The first-order valence-electron chi connectivity index (χ1n) is 8.39. The molecule has 0 aliphatic carbocycles. The molecule has 3 aromatic carbocycles. The van der Waals surface area contributed by atoms with E-state index in [0.29, 0.717) is 17.2 Å². The third kappa shape index (κ3) is 4.55. The zero-order valence-electron chi connectivity index (χ0n) is 15.1. The largest absolute Gasteiger partial charge is 0.504 e. The molecule has 0 radical (unpaired) electrons. The van der Waals surface area contributed by atoms with Gasteiger partial charge in [-0.1, -0.05) is 30.3 Å². The van der Waals surface area contributed by atoms with Crippen LogP contribution in [0, 0.1) is 0 Å². The molecule has 2 N–H and O–H groups in total. The fourth-order valence-corrected chi connectivity index (χ4v) is 2.55. The van der Waals surface area contributed by atoms with Gasteiger partial charge >= 0.3 is 0 Å². The number of phenolic OH excluding ortho intramolecular Hbond substituents is 1. The molecule has 0 saturated carbocycles. The highest BCUT2D eigenvalue weighted by Crippen LogP contribution is 2.26. The van der Waals surface area contributed by atoms with Gasteiger partial charge in [0.2, 0.25) is 0 Å². The van der Waals surface area contributed by atoms with Crippen LogP contribution in [0.15, 0.2) is 65.8 Å². The number of benzene rings is 3. The van der Waals surface area contributed by atoms with E-state index in [1.165, 1.54) is 13.2 Å². The monoisotopic (exact) mass is 364 g/mol. The van der Waals surface area contributed by atoms with Crippen LogP contribution < -0.4 is 14.9 Å². The molecule has 3 aromatic rings. The summed E-state index contributed by atoms with van der Waals surface area (Å²) in [5, 5.41) is 15.8. The molecule has 0 bridgehead atoms. The number of amides is 1. The standard InChI is InChI=1S/C21H20N2O4/c1-14(16-8-10-19(24)20(12-16)26-2)22-23-21(25)13-27-18-9-7-15-5-3-4-6-17(15)11-18/h3-12,24H,13H2,1-2H3,(H,23,25)/b22-14+. The summed E-state index contributed by atoms with van der Waals surface area (Å²) in [4.78, 5) is 12.0. The van der Waals surface area contributed by atoms with Crippen molar-refractivity contribution >= 4 is 22.4 Å². The van der Waals surface area contributed by atoms with Gasteiger partial charge in [-0.05, 0) is 48.0 Å². The van der Waals surface area contributed by atoms with Gasteiger partial charge in [-0.15, -0.1) is 0 Å². The summed E-state index contributed by atoms with van der Waals surface area (Å²) in [5.74, 6) is 0.635. The van der Waals surface area contributed by atoms with Crippen molar-refractivity contribution in [1.82, 2.24) is 5.43 Å². The van der Waals surface area contributed by atoms with Crippen LogP contribution in [0.5, 0.6) is 17.2 Å². The van der Waals surface area contributed by atoms with E-state index in [4.69, 9.17) is 9.47 Å². The van der Waals surface area contributed by atoms with Crippen molar-refractivity contribution < 1.29 is 19.4 Å². The summed E-state index contributed by atoms with van der Waals surface area (Å²) < 4.78 is 10.6. The average Bonchev–Trinajstić information content (AvgIpc) is 2.70. The SMILES string of the molecule is COc1cc(/C(C)=N/NC(=O)COc2ccc3ccccc3c2)ccc1O. The predicted molar refractivity (Wildman–Crippen MR) is 104 cm³/mol. The number of carbonyl (C=O) groups excluding carboxylic acids is 1. The van der Waals surface area contributed by atoms with Crippen LogP contribution >= 0.6 is 0 Å². The summed E-state index contributed by atoms with van der Waals surface area (Å²) in [7, 11) is 1.47. The van der Waals surface area contributed by atoms with Crippen molar-refractivity contribution in [3.8, 4) is 17.2 Å². The number of nitrogens with zero attached hydrogens (tertiary/aromatic N) is 1. The summed E-state index contributed by atoms with van der Waals surface area (Å²) in [6, 6.07) is 18.4. The van der Waals surface area contributed by atoms with E-state index in [0.717, 1.165) is 16.3 Å². The Labute approximate surface area is 157 Å². The molecule has 0 saturated heterocycles. The number of fused-ring (bicyclic) bond motifs is 1. The summed E-state index contributed by atoms with van der Waals surface area (Å²) in [5.41, 5.74) is 3.76. The lowest BCUT2D eigenvalue weighted by Crippen LogP contribution is -2.25. The topological polar surface area (TPSA) is 80.2 Å². The second-order valence-corrected chi connectivity index (χ2v) is 5.92. The quantitative estimate of drug-likeness (QED) is 0.518. The van der Waals surface area contributed by atoms with Crippen molar-refractivity contribution in [2.75, 3.05) is 13.7 Å². The molecular weight excluding hydrogens is 344 g/mol. The van der Waals surface area contributed by atoms with Gasteiger partial charge in [0.25, 0.3) is 5.91 Å². The first-order chi connectivity index (χ1) is 13.1. The Morgan fingerprint density at radius 3 is 2.63 bits per heavy atom. The molecule has 0 aliphatic heterocycles. The predicted octanol–water partition coefficient (Wildman–Crippen LogP) is 3.47. The molecule has 6 heteroatoms. The van der Waals surface area contributed by atoms with Crippen LogP contribution in [-0.4, -0.2) is 30.4 Å². The molecule has 3 rings (SSSR count). The molecule has 0 aliphatic rings. The zero-order valence-corrected chi connectivity index (χ0v) is 15.1. The van der Waals surface area contributed by atoms with Gasteiger partial charge in [-0.25, -0.2) is 5.43 Å². The van der Waals surface area contributed by atoms with E-state index in [9.17, 15) is 9.90 Å². The van der Waals surface area contributed by atoms with E-state index in [1.54, 1.807) is 19.1 Å². The maximum absolute atomic E-state index is 12.0. The Hall–Kier alpha value is -3.54. The lowest BCUT2D eigenvalue weighted by molar-refractivity contribution is -0.123. The second kappa shape index (κ2) is 8.23. The van der Waals surface area contributed by atoms with Crippen LogP contribution in [0.3, 0.4) is 0 Å². The number of phenols is 1. The average molecular weight is 364 g/mol. The molecule has 27 heavy (non-hydrogen) atoms. The molecule has 0 heterocycles. The highest BCUT2D eigenvalue weighted by molar-refractivity contribution is 5.99. The Morgan fingerprint density at radius 2 is 1.85 bits per heavy atom. The number of nitrogens with one attached hydrogen (secondary N) is 1. The van der Waals surface area contributed by atoms with Gasteiger partial charge in [-0.2, -0.15) is 5.10 Å². The van der Waals surface area contributed by atoms with Crippen molar-refractivity contribution in [3.05, 3.63) is 66.2 Å². The lowest BCUT2D eigenvalue weighted by Gasteiger charge is -2.08. The van der Waals surface area contributed by atoms with E-state index < -0.39 is 0 Å². The molecule has 6 nitrogen and oxygen atoms in total. The fraction of sp³-hybridized carbons (Fsp3) is 0.143. The minimum Gasteiger partial charge on any atom is -0.504 e.